The van der Waals surface area contributed by atoms with Gasteiger partial charge in [-0.05, 0) is 6.42 Å². The van der Waals surface area contributed by atoms with E-state index in [1.165, 1.54) is 0 Å². The van der Waals surface area contributed by atoms with E-state index in [4.69, 9.17) is 0 Å². The summed E-state index contributed by atoms with van der Waals surface area (Å²) in [6.45, 7) is 3.97. The molecule has 0 saturated carbocycles. The van der Waals surface area contributed by atoms with Crippen molar-refractivity contribution in [2.75, 3.05) is 5.88 Å². The Labute approximate surface area is 106 Å². The summed E-state index contributed by atoms with van der Waals surface area (Å²) >= 11 is 1.61. The van der Waals surface area contributed by atoms with Crippen molar-refractivity contribution in [3.63, 3.8) is 0 Å². The molecule has 1 aliphatic heterocycles. The number of hydrogen-bond acceptors (Lipinski definition) is 3. The van der Waals surface area contributed by atoms with Crippen LogP contribution < -0.4 is 0 Å². The zero-order valence-corrected chi connectivity index (χ0v) is 10.9. The number of carbonyl (C=O) groups is 1. The lowest BCUT2D eigenvalue weighted by atomic mass is 10.1. The molecule has 0 bridgehead atoms. The van der Waals surface area contributed by atoms with E-state index in [9.17, 15) is 4.79 Å². The normalized spacial score (nSPS) is 16.8. The van der Waals surface area contributed by atoms with Crippen molar-refractivity contribution in [1.29, 1.82) is 0 Å². The molecule has 1 aromatic carbocycles. The summed E-state index contributed by atoms with van der Waals surface area (Å²) in [7, 11) is 0. The average molecular weight is 248 g/mol. The third-order valence-electron chi connectivity index (χ3n) is 2.84. The highest BCUT2D eigenvalue weighted by atomic mass is 32.2. The van der Waals surface area contributed by atoms with Crippen LogP contribution in [0.2, 0.25) is 0 Å². The monoisotopic (exact) mass is 248 g/mol. The van der Waals surface area contributed by atoms with Crippen molar-refractivity contribution in [2.24, 2.45) is 11.0 Å². The molecule has 1 aromatic rings. The van der Waals surface area contributed by atoms with Crippen LogP contribution in [-0.2, 0) is 4.79 Å². The van der Waals surface area contributed by atoms with Gasteiger partial charge in [0.25, 0.3) is 0 Å². The van der Waals surface area contributed by atoms with Crippen LogP contribution in [0.1, 0.15) is 25.8 Å². The zero-order chi connectivity index (χ0) is 12.3. The summed E-state index contributed by atoms with van der Waals surface area (Å²) in [4.78, 5) is 12.0. The molecule has 0 aliphatic carbocycles. The molecule has 0 saturated heterocycles. The Morgan fingerprint density at radius 2 is 2.18 bits per heavy atom. The minimum absolute atomic E-state index is 0.0504. The number of benzene rings is 1. The number of hydrazone groups is 1. The summed E-state index contributed by atoms with van der Waals surface area (Å²) in [5.74, 6) is 0.799. The molecule has 1 unspecified atom stereocenters. The number of thioether (sulfide) groups is 1. The molecule has 0 aromatic heterocycles. The molecular weight excluding hydrogens is 232 g/mol. The fourth-order valence-electron chi connectivity index (χ4n) is 1.55. The van der Waals surface area contributed by atoms with Crippen molar-refractivity contribution in [2.45, 2.75) is 20.3 Å². The first-order chi connectivity index (χ1) is 8.22. The van der Waals surface area contributed by atoms with E-state index in [1.54, 1.807) is 16.8 Å². The second kappa shape index (κ2) is 5.36. The first-order valence-corrected chi connectivity index (χ1v) is 6.79. The van der Waals surface area contributed by atoms with Gasteiger partial charge in [0.2, 0.25) is 5.91 Å². The van der Waals surface area contributed by atoms with E-state index < -0.39 is 0 Å². The van der Waals surface area contributed by atoms with Crippen molar-refractivity contribution < 1.29 is 4.79 Å². The van der Waals surface area contributed by atoms with Gasteiger partial charge in [0.15, 0.2) is 0 Å². The molecule has 4 heteroatoms. The highest BCUT2D eigenvalue weighted by molar-refractivity contribution is 8.14. The van der Waals surface area contributed by atoms with E-state index >= 15 is 0 Å². The number of rotatable bonds is 3. The van der Waals surface area contributed by atoms with Crippen LogP contribution in [0.15, 0.2) is 35.4 Å². The van der Waals surface area contributed by atoms with Crippen LogP contribution in [-0.4, -0.2) is 21.8 Å². The summed E-state index contributed by atoms with van der Waals surface area (Å²) in [6, 6.07) is 9.98. The van der Waals surface area contributed by atoms with Crippen LogP contribution in [0.5, 0.6) is 0 Å². The van der Waals surface area contributed by atoms with Gasteiger partial charge in [-0.25, -0.2) is 5.01 Å². The highest BCUT2D eigenvalue weighted by Gasteiger charge is 2.24. The molecule has 0 radical (unpaired) electrons. The Hall–Kier alpha value is -1.29. The van der Waals surface area contributed by atoms with Gasteiger partial charge < -0.3 is 0 Å². The lowest BCUT2D eigenvalue weighted by Crippen LogP contribution is -2.28. The molecule has 0 spiro atoms. The third kappa shape index (κ3) is 2.69. The third-order valence-corrected chi connectivity index (χ3v) is 3.81. The SMILES string of the molecule is CCC(C)C(=O)N1CSC(c2ccccc2)=N1. The van der Waals surface area contributed by atoms with E-state index in [0.717, 1.165) is 17.0 Å². The van der Waals surface area contributed by atoms with Crippen LogP contribution in [0, 0.1) is 5.92 Å². The van der Waals surface area contributed by atoms with Crippen LogP contribution in [0.3, 0.4) is 0 Å². The molecule has 90 valence electrons. The number of hydrogen-bond donors (Lipinski definition) is 0. The summed E-state index contributed by atoms with van der Waals surface area (Å²) in [5, 5.41) is 6.91. The van der Waals surface area contributed by atoms with Crippen molar-refractivity contribution in [3.8, 4) is 0 Å². The molecule has 0 fully saturated rings. The Kier molecular flexibility index (Phi) is 3.84. The predicted molar refractivity (Wildman–Crippen MR) is 71.7 cm³/mol. The maximum Gasteiger partial charge on any atom is 0.246 e. The Balaban J connectivity index is 2.12. The molecule has 0 N–H and O–H groups in total. The van der Waals surface area contributed by atoms with Gasteiger partial charge in [-0.2, -0.15) is 5.10 Å². The maximum atomic E-state index is 12.0. The molecule has 1 heterocycles. The summed E-state index contributed by atoms with van der Waals surface area (Å²) < 4.78 is 0. The fraction of sp³-hybridized carbons (Fsp3) is 0.385. The first-order valence-electron chi connectivity index (χ1n) is 5.80. The molecule has 1 amide bonds. The van der Waals surface area contributed by atoms with Crippen molar-refractivity contribution in [1.82, 2.24) is 5.01 Å². The zero-order valence-electron chi connectivity index (χ0n) is 10.1. The van der Waals surface area contributed by atoms with Gasteiger partial charge in [-0.15, -0.1) is 0 Å². The topological polar surface area (TPSA) is 32.7 Å². The fourth-order valence-corrected chi connectivity index (χ4v) is 2.44. The van der Waals surface area contributed by atoms with Gasteiger partial charge in [-0.3, -0.25) is 4.79 Å². The van der Waals surface area contributed by atoms with Crippen LogP contribution >= 0.6 is 11.8 Å². The van der Waals surface area contributed by atoms with Crippen molar-refractivity contribution >= 4 is 22.7 Å². The maximum absolute atomic E-state index is 12.0. The molecule has 3 nitrogen and oxygen atoms in total. The smallest absolute Gasteiger partial charge is 0.246 e. The van der Waals surface area contributed by atoms with Gasteiger partial charge in [0.05, 0.1) is 5.88 Å². The van der Waals surface area contributed by atoms with Gasteiger partial charge in [0.1, 0.15) is 5.04 Å². The van der Waals surface area contributed by atoms with E-state index in [1.807, 2.05) is 44.2 Å². The minimum atomic E-state index is 0.0504. The quantitative estimate of drug-likeness (QED) is 0.824. The number of amides is 1. The van der Waals surface area contributed by atoms with Gasteiger partial charge in [-0.1, -0.05) is 55.9 Å². The molecule has 2 rings (SSSR count). The van der Waals surface area contributed by atoms with E-state index in [0.29, 0.717) is 5.88 Å². The summed E-state index contributed by atoms with van der Waals surface area (Å²) in [5.41, 5.74) is 1.08. The number of carbonyl (C=O) groups excluding carboxylic acids is 1. The Morgan fingerprint density at radius 3 is 2.82 bits per heavy atom. The lowest BCUT2D eigenvalue weighted by molar-refractivity contribution is -0.133. The van der Waals surface area contributed by atoms with E-state index in [2.05, 4.69) is 5.10 Å². The minimum Gasteiger partial charge on any atom is -0.273 e. The summed E-state index contributed by atoms with van der Waals surface area (Å²) in [6.07, 6.45) is 0.857. The van der Waals surface area contributed by atoms with E-state index in [-0.39, 0.29) is 11.8 Å². The lowest BCUT2D eigenvalue weighted by Gasteiger charge is -2.14. The average Bonchev–Trinajstić information content (AvgIpc) is 2.87. The molecule has 1 atom stereocenters. The van der Waals surface area contributed by atoms with Gasteiger partial charge >= 0.3 is 0 Å². The van der Waals surface area contributed by atoms with Crippen LogP contribution in [0.4, 0.5) is 0 Å². The largest absolute Gasteiger partial charge is 0.273 e. The predicted octanol–water partition coefficient (Wildman–Crippen LogP) is 2.93. The van der Waals surface area contributed by atoms with Gasteiger partial charge in [0, 0.05) is 11.5 Å². The standard InChI is InChI=1S/C13H16N2OS/c1-3-10(2)13(16)15-9-17-12(14-15)11-7-5-4-6-8-11/h4-8,10H,3,9H2,1-2H3. The molecular formula is C13H16N2OS. The first kappa shape index (κ1) is 12.2. The number of nitrogens with zero attached hydrogens (tertiary/aromatic N) is 2. The molecule has 17 heavy (non-hydrogen) atoms. The Morgan fingerprint density at radius 1 is 1.47 bits per heavy atom. The van der Waals surface area contributed by atoms with Crippen LogP contribution in [0.25, 0.3) is 0 Å². The van der Waals surface area contributed by atoms with Crippen molar-refractivity contribution in [3.05, 3.63) is 35.9 Å². The second-order valence-corrected chi connectivity index (χ2v) is 5.03. The molecule has 1 aliphatic rings. The highest BCUT2D eigenvalue weighted by Crippen LogP contribution is 2.24. The second-order valence-electron chi connectivity index (χ2n) is 4.09. The Bertz CT molecular complexity index is 430.